The van der Waals surface area contributed by atoms with Gasteiger partial charge in [0, 0.05) is 13.0 Å². The molecule has 4 heteroatoms. The highest BCUT2D eigenvalue weighted by Crippen LogP contribution is 2.11. The second kappa shape index (κ2) is 7.36. The number of rotatable bonds is 7. The zero-order valence-electron chi connectivity index (χ0n) is 11.1. The van der Waals surface area contributed by atoms with Crippen molar-refractivity contribution in [1.29, 1.82) is 0 Å². The molecule has 0 radical (unpaired) electrons. The van der Waals surface area contributed by atoms with Gasteiger partial charge in [0.25, 0.3) is 0 Å². The van der Waals surface area contributed by atoms with E-state index in [4.69, 9.17) is 5.11 Å². The standard InChI is InChI=1S/C15H19NO3/c1-3-4-10-14(17)16(12(2)15(18)19)11-13-8-6-5-7-9-13/h3,5-9,12H,1,4,10-11H2,2H3,(H,18,19). The fraction of sp³-hybridized carbons (Fsp3) is 0.333. The zero-order chi connectivity index (χ0) is 14.3. The quantitative estimate of drug-likeness (QED) is 0.767. The molecule has 0 bridgehead atoms. The molecular formula is C15H19NO3. The van der Waals surface area contributed by atoms with Crippen LogP contribution in [0.5, 0.6) is 0 Å². The van der Waals surface area contributed by atoms with Gasteiger partial charge >= 0.3 is 5.97 Å². The van der Waals surface area contributed by atoms with E-state index in [1.165, 1.54) is 11.8 Å². The van der Waals surface area contributed by atoms with E-state index in [0.29, 0.717) is 13.0 Å². The van der Waals surface area contributed by atoms with Gasteiger partial charge in [-0.2, -0.15) is 0 Å². The Balaban J connectivity index is 2.83. The lowest BCUT2D eigenvalue weighted by molar-refractivity contribution is -0.150. The minimum Gasteiger partial charge on any atom is -0.480 e. The minimum absolute atomic E-state index is 0.168. The largest absolute Gasteiger partial charge is 0.480 e. The molecular weight excluding hydrogens is 242 g/mol. The Morgan fingerprint density at radius 1 is 1.37 bits per heavy atom. The maximum Gasteiger partial charge on any atom is 0.326 e. The number of hydrogen-bond acceptors (Lipinski definition) is 2. The summed E-state index contributed by atoms with van der Waals surface area (Å²) in [4.78, 5) is 24.6. The van der Waals surface area contributed by atoms with Crippen molar-refractivity contribution < 1.29 is 14.7 Å². The van der Waals surface area contributed by atoms with E-state index in [1.807, 2.05) is 30.3 Å². The van der Waals surface area contributed by atoms with Gasteiger partial charge in [0.05, 0.1) is 0 Å². The monoisotopic (exact) mass is 261 g/mol. The molecule has 0 aliphatic rings. The molecule has 0 aliphatic heterocycles. The van der Waals surface area contributed by atoms with Crippen LogP contribution in [0, 0.1) is 0 Å². The molecule has 102 valence electrons. The summed E-state index contributed by atoms with van der Waals surface area (Å²) >= 11 is 0. The molecule has 1 aromatic carbocycles. The molecule has 0 aromatic heterocycles. The summed E-state index contributed by atoms with van der Waals surface area (Å²) in [5, 5.41) is 9.09. The third-order valence-electron chi connectivity index (χ3n) is 2.90. The molecule has 1 atom stereocenters. The molecule has 1 aromatic rings. The van der Waals surface area contributed by atoms with E-state index < -0.39 is 12.0 Å². The topological polar surface area (TPSA) is 57.6 Å². The van der Waals surface area contributed by atoms with Gasteiger partial charge < -0.3 is 10.0 Å². The van der Waals surface area contributed by atoms with Crippen LogP contribution in [-0.4, -0.2) is 27.9 Å². The van der Waals surface area contributed by atoms with E-state index in [0.717, 1.165) is 5.56 Å². The number of carbonyl (C=O) groups excluding carboxylic acids is 1. The van der Waals surface area contributed by atoms with Crippen molar-refractivity contribution in [3.05, 3.63) is 48.6 Å². The number of allylic oxidation sites excluding steroid dienone is 1. The Bertz CT molecular complexity index is 442. The maximum absolute atomic E-state index is 12.1. The summed E-state index contributed by atoms with van der Waals surface area (Å²) in [6.07, 6.45) is 2.49. The van der Waals surface area contributed by atoms with Gasteiger partial charge in [0.15, 0.2) is 0 Å². The maximum atomic E-state index is 12.1. The Morgan fingerprint density at radius 2 is 2.00 bits per heavy atom. The van der Waals surface area contributed by atoms with E-state index in [2.05, 4.69) is 6.58 Å². The van der Waals surface area contributed by atoms with Gasteiger partial charge in [-0.1, -0.05) is 36.4 Å². The van der Waals surface area contributed by atoms with Crippen molar-refractivity contribution in [3.63, 3.8) is 0 Å². The number of carbonyl (C=O) groups is 2. The van der Waals surface area contributed by atoms with Crippen LogP contribution in [-0.2, 0) is 16.1 Å². The van der Waals surface area contributed by atoms with Crippen LogP contribution in [0.15, 0.2) is 43.0 Å². The smallest absolute Gasteiger partial charge is 0.326 e. The van der Waals surface area contributed by atoms with Crippen molar-refractivity contribution >= 4 is 11.9 Å². The van der Waals surface area contributed by atoms with Gasteiger partial charge in [-0.3, -0.25) is 4.79 Å². The first-order chi connectivity index (χ1) is 9.06. The van der Waals surface area contributed by atoms with Crippen molar-refractivity contribution in [2.75, 3.05) is 0 Å². The molecule has 0 heterocycles. The van der Waals surface area contributed by atoms with E-state index in [1.54, 1.807) is 6.08 Å². The third-order valence-corrected chi connectivity index (χ3v) is 2.90. The van der Waals surface area contributed by atoms with Crippen molar-refractivity contribution in [2.24, 2.45) is 0 Å². The Hall–Kier alpha value is -2.10. The summed E-state index contributed by atoms with van der Waals surface area (Å²) in [6.45, 7) is 5.40. The first-order valence-electron chi connectivity index (χ1n) is 6.23. The lowest BCUT2D eigenvalue weighted by atomic mass is 10.1. The zero-order valence-corrected chi connectivity index (χ0v) is 11.1. The van der Waals surface area contributed by atoms with Crippen LogP contribution >= 0.6 is 0 Å². The first-order valence-corrected chi connectivity index (χ1v) is 6.23. The predicted molar refractivity (Wildman–Crippen MR) is 73.5 cm³/mol. The second-order valence-electron chi connectivity index (χ2n) is 4.35. The lowest BCUT2D eigenvalue weighted by Crippen LogP contribution is -2.42. The number of benzene rings is 1. The van der Waals surface area contributed by atoms with Crippen LogP contribution in [0.2, 0.25) is 0 Å². The third kappa shape index (κ3) is 4.58. The molecule has 1 amide bonds. The molecule has 19 heavy (non-hydrogen) atoms. The lowest BCUT2D eigenvalue weighted by Gasteiger charge is -2.26. The average molecular weight is 261 g/mol. The van der Waals surface area contributed by atoms with Gasteiger partial charge in [-0.15, -0.1) is 6.58 Å². The first kappa shape index (κ1) is 15.0. The van der Waals surface area contributed by atoms with Crippen LogP contribution in [0.25, 0.3) is 0 Å². The van der Waals surface area contributed by atoms with Crippen LogP contribution < -0.4 is 0 Å². The highest BCUT2D eigenvalue weighted by atomic mass is 16.4. The predicted octanol–water partition coefficient (Wildman–Crippen LogP) is 2.45. The number of aliphatic carboxylic acids is 1. The van der Waals surface area contributed by atoms with Crippen LogP contribution in [0.3, 0.4) is 0 Å². The van der Waals surface area contributed by atoms with Gasteiger partial charge in [0.1, 0.15) is 6.04 Å². The number of hydrogen-bond donors (Lipinski definition) is 1. The highest BCUT2D eigenvalue weighted by molar-refractivity contribution is 5.83. The average Bonchev–Trinajstić information content (AvgIpc) is 2.42. The van der Waals surface area contributed by atoms with E-state index in [9.17, 15) is 9.59 Å². The van der Waals surface area contributed by atoms with Crippen molar-refractivity contribution in [3.8, 4) is 0 Å². The molecule has 1 N–H and O–H groups in total. The molecule has 0 spiro atoms. The summed E-state index contributed by atoms with van der Waals surface area (Å²) < 4.78 is 0. The van der Waals surface area contributed by atoms with Gasteiger partial charge in [-0.05, 0) is 18.9 Å². The number of carboxylic acids is 1. The Labute approximate surface area is 113 Å². The number of nitrogens with zero attached hydrogens (tertiary/aromatic N) is 1. The molecule has 4 nitrogen and oxygen atoms in total. The molecule has 0 saturated carbocycles. The summed E-state index contributed by atoms with van der Waals surface area (Å²) in [7, 11) is 0. The summed E-state index contributed by atoms with van der Waals surface area (Å²) in [6, 6.07) is 8.54. The van der Waals surface area contributed by atoms with Gasteiger partial charge in [0.2, 0.25) is 5.91 Å². The Morgan fingerprint density at radius 3 is 2.53 bits per heavy atom. The normalized spacial score (nSPS) is 11.6. The number of amides is 1. The summed E-state index contributed by atoms with van der Waals surface area (Å²) in [5.41, 5.74) is 0.919. The van der Waals surface area contributed by atoms with E-state index >= 15 is 0 Å². The van der Waals surface area contributed by atoms with Crippen molar-refractivity contribution in [2.45, 2.75) is 32.4 Å². The SMILES string of the molecule is C=CCCC(=O)N(Cc1ccccc1)C(C)C(=O)O. The minimum atomic E-state index is -0.997. The van der Waals surface area contributed by atoms with Crippen LogP contribution in [0.1, 0.15) is 25.3 Å². The fourth-order valence-corrected chi connectivity index (χ4v) is 1.72. The fourth-order valence-electron chi connectivity index (χ4n) is 1.72. The second-order valence-corrected chi connectivity index (χ2v) is 4.35. The molecule has 0 saturated heterocycles. The van der Waals surface area contributed by atoms with Gasteiger partial charge in [-0.25, -0.2) is 4.79 Å². The molecule has 1 unspecified atom stereocenters. The highest BCUT2D eigenvalue weighted by Gasteiger charge is 2.24. The molecule has 1 rings (SSSR count). The molecule has 0 fully saturated rings. The van der Waals surface area contributed by atoms with Crippen LogP contribution in [0.4, 0.5) is 0 Å². The molecule has 0 aliphatic carbocycles. The van der Waals surface area contributed by atoms with Crippen molar-refractivity contribution in [1.82, 2.24) is 4.90 Å². The summed E-state index contributed by atoms with van der Waals surface area (Å²) in [5.74, 6) is -1.17. The number of carboxylic acid groups (broad SMARTS) is 1. The Kier molecular flexibility index (Phi) is 5.79. The van der Waals surface area contributed by atoms with E-state index in [-0.39, 0.29) is 12.3 Å².